The predicted octanol–water partition coefficient (Wildman–Crippen LogP) is 3.51. The summed E-state index contributed by atoms with van der Waals surface area (Å²) in [6.07, 6.45) is 1.75. The van der Waals surface area contributed by atoms with E-state index in [4.69, 9.17) is 14.2 Å². The Balaban J connectivity index is 2.05. The number of methoxy groups -OCH3 is 3. The third-order valence-corrected chi connectivity index (χ3v) is 4.77. The number of amides is 1. The molecule has 3 rings (SSSR count). The molecule has 0 saturated heterocycles. The molecule has 6 heteroatoms. The van der Waals surface area contributed by atoms with Crippen LogP contribution in [0.5, 0.6) is 17.2 Å². The molecule has 1 heterocycles. The second-order valence-corrected chi connectivity index (χ2v) is 6.37. The van der Waals surface area contributed by atoms with Crippen LogP contribution in [0.1, 0.15) is 39.6 Å². The van der Waals surface area contributed by atoms with Crippen molar-refractivity contribution >= 4 is 17.4 Å². The fraction of sp³-hybridized carbons (Fsp3) is 0.333. The zero-order valence-corrected chi connectivity index (χ0v) is 16.0. The van der Waals surface area contributed by atoms with Crippen LogP contribution < -0.4 is 19.1 Å². The van der Waals surface area contributed by atoms with Crippen LogP contribution in [0.25, 0.3) is 0 Å². The first-order valence-corrected chi connectivity index (χ1v) is 8.76. The van der Waals surface area contributed by atoms with Gasteiger partial charge in [-0.2, -0.15) is 0 Å². The highest BCUT2D eigenvalue weighted by Crippen LogP contribution is 2.39. The van der Waals surface area contributed by atoms with Crippen molar-refractivity contribution in [3.05, 3.63) is 47.0 Å². The van der Waals surface area contributed by atoms with Crippen LogP contribution >= 0.6 is 0 Å². The number of benzene rings is 2. The van der Waals surface area contributed by atoms with Crippen molar-refractivity contribution in [2.75, 3.05) is 32.8 Å². The molecule has 0 atom stereocenters. The van der Waals surface area contributed by atoms with E-state index in [2.05, 4.69) is 0 Å². The van der Waals surface area contributed by atoms with Gasteiger partial charge in [-0.3, -0.25) is 9.59 Å². The lowest BCUT2D eigenvalue weighted by Gasteiger charge is -2.30. The summed E-state index contributed by atoms with van der Waals surface area (Å²) in [5.74, 6) is 1.10. The minimum Gasteiger partial charge on any atom is -0.493 e. The number of carbonyl (C=O) groups excluding carboxylic acids is 2. The van der Waals surface area contributed by atoms with Gasteiger partial charge in [-0.05, 0) is 43.5 Å². The zero-order chi connectivity index (χ0) is 19.6. The average molecular weight is 369 g/mol. The zero-order valence-electron chi connectivity index (χ0n) is 16.0. The summed E-state index contributed by atoms with van der Waals surface area (Å²) in [4.78, 5) is 26.7. The molecule has 2 aromatic carbocycles. The fourth-order valence-corrected chi connectivity index (χ4v) is 3.36. The summed E-state index contributed by atoms with van der Waals surface area (Å²) in [5, 5.41) is 0. The van der Waals surface area contributed by atoms with Crippen LogP contribution in [0.15, 0.2) is 30.3 Å². The number of carbonyl (C=O) groups is 2. The highest BCUT2D eigenvalue weighted by molar-refractivity contribution is 6.08. The van der Waals surface area contributed by atoms with E-state index >= 15 is 0 Å². The molecule has 1 aliphatic rings. The standard InChI is InChI=1S/C21H23NO5/c1-13(23)15-8-7-14-6-5-9-22(17(14)10-15)21(24)16-11-18(25-2)20(27-4)19(12-16)26-3/h7-8,10-12H,5-6,9H2,1-4H3. The monoisotopic (exact) mass is 369 g/mol. The summed E-state index contributed by atoms with van der Waals surface area (Å²) in [5.41, 5.74) is 2.88. The van der Waals surface area contributed by atoms with Crippen molar-refractivity contribution in [3.63, 3.8) is 0 Å². The Bertz CT molecular complexity index is 865. The normalized spacial score (nSPS) is 13.0. The molecule has 0 N–H and O–H groups in total. The van der Waals surface area contributed by atoms with E-state index in [0.29, 0.717) is 34.9 Å². The smallest absolute Gasteiger partial charge is 0.258 e. The van der Waals surface area contributed by atoms with E-state index in [1.54, 1.807) is 23.1 Å². The predicted molar refractivity (Wildman–Crippen MR) is 103 cm³/mol. The molecule has 0 aliphatic carbocycles. The van der Waals surface area contributed by atoms with Crippen molar-refractivity contribution in [1.29, 1.82) is 0 Å². The summed E-state index contributed by atoms with van der Waals surface area (Å²) >= 11 is 0. The summed E-state index contributed by atoms with van der Waals surface area (Å²) in [6, 6.07) is 8.83. The lowest BCUT2D eigenvalue weighted by Crippen LogP contribution is -2.35. The van der Waals surface area contributed by atoms with Crippen LogP contribution in [-0.4, -0.2) is 39.6 Å². The maximum Gasteiger partial charge on any atom is 0.258 e. The van der Waals surface area contributed by atoms with Gasteiger partial charge < -0.3 is 19.1 Å². The number of ketones is 1. The summed E-state index contributed by atoms with van der Waals surface area (Å²) in [6.45, 7) is 2.11. The fourth-order valence-electron chi connectivity index (χ4n) is 3.36. The van der Waals surface area contributed by atoms with E-state index in [9.17, 15) is 9.59 Å². The van der Waals surface area contributed by atoms with Crippen molar-refractivity contribution in [3.8, 4) is 17.2 Å². The molecule has 2 aromatic rings. The minimum absolute atomic E-state index is 0.0245. The summed E-state index contributed by atoms with van der Waals surface area (Å²) < 4.78 is 16.0. The molecular weight excluding hydrogens is 346 g/mol. The molecule has 0 saturated carbocycles. The van der Waals surface area contributed by atoms with E-state index in [-0.39, 0.29) is 11.7 Å². The number of rotatable bonds is 5. The maximum absolute atomic E-state index is 13.3. The second-order valence-electron chi connectivity index (χ2n) is 6.37. The summed E-state index contributed by atoms with van der Waals surface area (Å²) in [7, 11) is 4.55. The first kappa shape index (κ1) is 18.8. The highest BCUT2D eigenvalue weighted by atomic mass is 16.5. The number of fused-ring (bicyclic) bond motifs is 1. The van der Waals surface area contributed by atoms with Crippen LogP contribution in [0.2, 0.25) is 0 Å². The SMILES string of the molecule is COc1cc(C(=O)N2CCCc3ccc(C(C)=O)cc32)cc(OC)c1OC. The molecule has 27 heavy (non-hydrogen) atoms. The minimum atomic E-state index is -0.170. The topological polar surface area (TPSA) is 65.1 Å². The lowest BCUT2D eigenvalue weighted by atomic mass is 9.97. The lowest BCUT2D eigenvalue weighted by molar-refractivity contribution is 0.0980. The van der Waals surface area contributed by atoms with Gasteiger partial charge in [-0.25, -0.2) is 0 Å². The van der Waals surface area contributed by atoms with Crippen LogP contribution in [0, 0.1) is 0 Å². The largest absolute Gasteiger partial charge is 0.493 e. The molecule has 0 radical (unpaired) electrons. The van der Waals surface area contributed by atoms with Gasteiger partial charge in [0.2, 0.25) is 5.75 Å². The van der Waals surface area contributed by atoms with Gasteiger partial charge in [-0.15, -0.1) is 0 Å². The van der Waals surface area contributed by atoms with Gasteiger partial charge in [0.05, 0.1) is 21.3 Å². The van der Waals surface area contributed by atoms with Crippen LogP contribution in [-0.2, 0) is 6.42 Å². The molecule has 0 unspecified atom stereocenters. The number of Topliss-reactive ketones (excluding diaryl/α,β-unsaturated/α-hetero) is 1. The van der Waals surface area contributed by atoms with Gasteiger partial charge in [0, 0.05) is 23.4 Å². The first-order chi connectivity index (χ1) is 13.0. The van der Waals surface area contributed by atoms with Crippen molar-refractivity contribution in [1.82, 2.24) is 0 Å². The Morgan fingerprint density at radius 2 is 1.59 bits per heavy atom. The molecule has 0 fully saturated rings. The number of nitrogens with zero attached hydrogens (tertiary/aromatic N) is 1. The van der Waals surface area contributed by atoms with Gasteiger partial charge in [-0.1, -0.05) is 12.1 Å². The Morgan fingerprint density at radius 3 is 2.15 bits per heavy atom. The Hall–Kier alpha value is -3.02. The third-order valence-electron chi connectivity index (χ3n) is 4.77. The molecule has 6 nitrogen and oxygen atoms in total. The molecule has 0 aromatic heterocycles. The van der Waals surface area contributed by atoms with Crippen molar-refractivity contribution in [2.24, 2.45) is 0 Å². The number of anilines is 1. The van der Waals surface area contributed by atoms with E-state index < -0.39 is 0 Å². The van der Waals surface area contributed by atoms with Gasteiger partial charge in [0.15, 0.2) is 17.3 Å². The molecule has 142 valence electrons. The Kier molecular flexibility index (Phi) is 5.35. The van der Waals surface area contributed by atoms with E-state index in [1.165, 1.54) is 28.3 Å². The molecule has 0 bridgehead atoms. The van der Waals surface area contributed by atoms with Crippen molar-refractivity contribution in [2.45, 2.75) is 19.8 Å². The number of hydrogen-bond donors (Lipinski definition) is 0. The molecule has 0 spiro atoms. The molecule has 1 amide bonds. The second kappa shape index (κ2) is 7.70. The number of hydrogen-bond acceptors (Lipinski definition) is 5. The number of ether oxygens (including phenoxy) is 3. The van der Waals surface area contributed by atoms with Gasteiger partial charge >= 0.3 is 0 Å². The average Bonchev–Trinajstić information content (AvgIpc) is 2.70. The van der Waals surface area contributed by atoms with Gasteiger partial charge in [0.25, 0.3) is 5.91 Å². The van der Waals surface area contributed by atoms with Gasteiger partial charge in [0.1, 0.15) is 0 Å². The molecule has 1 aliphatic heterocycles. The van der Waals surface area contributed by atoms with E-state index in [1.807, 2.05) is 12.1 Å². The van der Waals surface area contributed by atoms with Crippen LogP contribution in [0.3, 0.4) is 0 Å². The van der Waals surface area contributed by atoms with Crippen LogP contribution in [0.4, 0.5) is 5.69 Å². The third kappa shape index (κ3) is 3.47. The van der Waals surface area contributed by atoms with Crippen molar-refractivity contribution < 1.29 is 23.8 Å². The Morgan fingerprint density at radius 1 is 0.926 bits per heavy atom. The highest BCUT2D eigenvalue weighted by Gasteiger charge is 2.26. The van der Waals surface area contributed by atoms with E-state index in [0.717, 1.165) is 24.1 Å². The quantitative estimate of drug-likeness (QED) is 0.755. The molecular formula is C21H23NO5. The number of aryl methyl sites for hydroxylation is 1. The Labute approximate surface area is 158 Å². The maximum atomic E-state index is 13.3. The first-order valence-electron chi connectivity index (χ1n) is 8.76.